The number of anilines is 1. The van der Waals surface area contributed by atoms with Crippen LogP contribution < -0.4 is 4.31 Å². The van der Waals surface area contributed by atoms with Gasteiger partial charge in [0.05, 0.1) is 14.9 Å². The molecule has 0 bridgehead atoms. The molecule has 0 radical (unpaired) electrons. The monoisotopic (exact) mass is 422 g/mol. The molecular formula is C14H13BrF2N2O2S2. The second-order valence-corrected chi connectivity index (χ2v) is 7.97. The Hall–Kier alpha value is -1.19. The highest BCUT2D eigenvalue weighted by Gasteiger charge is 2.27. The van der Waals surface area contributed by atoms with Crippen LogP contribution in [0.4, 0.5) is 19.4 Å². The predicted octanol–water partition coefficient (Wildman–Crippen LogP) is 5.63. The van der Waals surface area contributed by atoms with Crippen molar-refractivity contribution in [2.24, 2.45) is 0 Å². The molecule has 0 saturated heterocycles. The first kappa shape index (κ1) is 18.2. The number of aromatic nitrogens is 1. The van der Waals surface area contributed by atoms with Crippen LogP contribution in [0.15, 0.2) is 32.4 Å². The lowest BCUT2D eigenvalue weighted by Gasteiger charge is -2.25. The van der Waals surface area contributed by atoms with E-state index in [0.717, 1.165) is 22.3 Å². The summed E-state index contributed by atoms with van der Waals surface area (Å²) in [7, 11) is 0. The minimum atomic E-state index is -0.778. The topological polar surface area (TPSA) is 42.4 Å². The smallest absolute Gasteiger partial charge is 0.426 e. The van der Waals surface area contributed by atoms with Gasteiger partial charge in [0.1, 0.15) is 17.2 Å². The van der Waals surface area contributed by atoms with Crippen LogP contribution in [0.2, 0.25) is 0 Å². The van der Waals surface area contributed by atoms with Crippen molar-refractivity contribution in [1.29, 1.82) is 0 Å². The molecular weight excluding hydrogens is 410 g/mol. The molecule has 9 heteroatoms. The fourth-order valence-corrected chi connectivity index (χ4v) is 3.36. The Morgan fingerprint density at radius 1 is 1.35 bits per heavy atom. The first-order valence-corrected chi connectivity index (χ1v) is 8.92. The molecule has 0 fully saturated rings. The summed E-state index contributed by atoms with van der Waals surface area (Å²) in [4.78, 5) is 16.5. The summed E-state index contributed by atoms with van der Waals surface area (Å²) in [5.41, 5.74) is 0.831. The zero-order valence-corrected chi connectivity index (χ0v) is 15.7. The maximum Gasteiger partial charge on any atom is 0.426 e. The number of ether oxygens (including phenoxy) is 1. The molecule has 0 N–H and O–H groups in total. The predicted molar refractivity (Wildman–Crippen MR) is 90.7 cm³/mol. The zero-order valence-electron chi connectivity index (χ0n) is 12.5. The molecule has 4 nitrogen and oxygen atoms in total. The third kappa shape index (κ3) is 4.89. The van der Waals surface area contributed by atoms with Gasteiger partial charge in [-0.25, -0.2) is 18.6 Å². The molecule has 0 atom stereocenters. The number of carbonyl (C=O) groups excluding carboxylic acids is 1. The second kappa shape index (κ2) is 7.14. The van der Waals surface area contributed by atoms with Gasteiger partial charge in [0.15, 0.2) is 5.82 Å². The minimum Gasteiger partial charge on any atom is -0.443 e. The normalized spacial score (nSPS) is 11.4. The van der Waals surface area contributed by atoms with Crippen LogP contribution >= 0.6 is 39.2 Å². The molecule has 1 aromatic carbocycles. The van der Waals surface area contributed by atoms with Crippen LogP contribution in [0.5, 0.6) is 0 Å². The maximum atomic E-state index is 14.0. The van der Waals surface area contributed by atoms with Crippen LogP contribution in [0.1, 0.15) is 20.8 Å². The molecule has 0 aliphatic heterocycles. The van der Waals surface area contributed by atoms with E-state index in [4.69, 9.17) is 4.74 Å². The van der Waals surface area contributed by atoms with Gasteiger partial charge < -0.3 is 4.74 Å². The minimum absolute atomic E-state index is 0.0668. The SMILES string of the molecule is CC(C)(C)OC(=O)N(Sc1cc(Br)c(F)cc1F)c1cscn1. The maximum absolute atomic E-state index is 14.0. The Labute approximate surface area is 149 Å². The van der Waals surface area contributed by atoms with Crippen molar-refractivity contribution < 1.29 is 18.3 Å². The molecule has 0 aliphatic carbocycles. The number of nitrogens with zero attached hydrogens (tertiary/aromatic N) is 2. The molecule has 1 aromatic heterocycles. The first-order chi connectivity index (χ1) is 10.7. The third-order valence-electron chi connectivity index (χ3n) is 2.35. The van der Waals surface area contributed by atoms with Gasteiger partial charge in [-0.15, -0.1) is 11.3 Å². The summed E-state index contributed by atoms with van der Waals surface area (Å²) in [6.45, 7) is 5.18. The van der Waals surface area contributed by atoms with E-state index in [1.54, 1.807) is 31.7 Å². The van der Waals surface area contributed by atoms with E-state index in [9.17, 15) is 13.6 Å². The van der Waals surface area contributed by atoms with E-state index in [1.807, 2.05) is 0 Å². The summed E-state index contributed by atoms with van der Waals surface area (Å²) in [5, 5.41) is 1.63. The average Bonchev–Trinajstić information content (AvgIpc) is 2.93. The summed E-state index contributed by atoms with van der Waals surface area (Å²) in [6, 6.07) is 2.01. The molecule has 0 saturated carbocycles. The van der Waals surface area contributed by atoms with Crippen molar-refractivity contribution in [2.45, 2.75) is 31.3 Å². The van der Waals surface area contributed by atoms with Crippen LogP contribution in [-0.4, -0.2) is 16.7 Å². The van der Waals surface area contributed by atoms with E-state index in [2.05, 4.69) is 20.9 Å². The summed E-state index contributed by atoms with van der Waals surface area (Å²) in [5.74, 6) is -1.18. The van der Waals surface area contributed by atoms with E-state index in [-0.39, 0.29) is 9.37 Å². The van der Waals surface area contributed by atoms with Gasteiger partial charge in [0.25, 0.3) is 0 Å². The lowest BCUT2D eigenvalue weighted by Crippen LogP contribution is -2.32. The molecule has 2 rings (SSSR count). The van der Waals surface area contributed by atoms with Crippen molar-refractivity contribution >= 4 is 51.1 Å². The number of hydrogen-bond donors (Lipinski definition) is 0. The van der Waals surface area contributed by atoms with E-state index >= 15 is 0 Å². The Morgan fingerprint density at radius 2 is 2.04 bits per heavy atom. The summed E-state index contributed by atoms with van der Waals surface area (Å²) < 4.78 is 33.8. The van der Waals surface area contributed by atoms with E-state index in [1.165, 1.54) is 17.4 Å². The molecule has 0 unspecified atom stereocenters. The zero-order chi connectivity index (χ0) is 17.2. The van der Waals surface area contributed by atoms with E-state index < -0.39 is 23.3 Å². The van der Waals surface area contributed by atoms with Gasteiger partial charge in [0.2, 0.25) is 0 Å². The number of halogens is 3. The van der Waals surface area contributed by atoms with Crippen molar-refractivity contribution in [3.05, 3.63) is 39.1 Å². The van der Waals surface area contributed by atoms with Crippen molar-refractivity contribution in [3.8, 4) is 0 Å². The molecule has 2 aromatic rings. The summed E-state index contributed by atoms with van der Waals surface area (Å²) in [6.07, 6.45) is -0.687. The lowest BCUT2D eigenvalue weighted by atomic mass is 10.2. The highest BCUT2D eigenvalue weighted by atomic mass is 79.9. The lowest BCUT2D eigenvalue weighted by molar-refractivity contribution is 0.0611. The molecule has 23 heavy (non-hydrogen) atoms. The Bertz CT molecular complexity index is 706. The largest absolute Gasteiger partial charge is 0.443 e. The first-order valence-electron chi connectivity index (χ1n) is 6.41. The molecule has 1 amide bonds. The van der Waals surface area contributed by atoms with Gasteiger partial charge in [-0.3, -0.25) is 0 Å². The Balaban J connectivity index is 2.32. The Kier molecular flexibility index (Phi) is 5.64. The van der Waals surface area contributed by atoms with Crippen LogP contribution in [-0.2, 0) is 4.74 Å². The highest BCUT2D eigenvalue weighted by Crippen LogP contribution is 2.34. The van der Waals surface area contributed by atoms with E-state index in [0.29, 0.717) is 5.82 Å². The second-order valence-electron chi connectivity index (χ2n) is 5.41. The average molecular weight is 423 g/mol. The van der Waals surface area contributed by atoms with Gasteiger partial charge >= 0.3 is 6.09 Å². The van der Waals surface area contributed by atoms with Crippen LogP contribution in [0.3, 0.4) is 0 Å². The van der Waals surface area contributed by atoms with Crippen molar-refractivity contribution in [2.75, 3.05) is 4.31 Å². The third-order valence-corrected chi connectivity index (χ3v) is 4.56. The molecule has 124 valence electrons. The number of carbonyl (C=O) groups is 1. The van der Waals surface area contributed by atoms with Crippen molar-refractivity contribution in [3.63, 3.8) is 0 Å². The van der Waals surface area contributed by atoms with Crippen molar-refractivity contribution in [1.82, 2.24) is 4.98 Å². The molecule has 0 aliphatic rings. The number of rotatable bonds is 3. The molecule has 0 spiro atoms. The van der Waals surface area contributed by atoms with Gasteiger partial charge in [0, 0.05) is 23.4 Å². The van der Waals surface area contributed by atoms with Gasteiger partial charge in [-0.05, 0) is 42.8 Å². The number of thiazole rings is 1. The molecule has 1 heterocycles. The van der Waals surface area contributed by atoms with Gasteiger partial charge in [-0.1, -0.05) is 0 Å². The van der Waals surface area contributed by atoms with Crippen LogP contribution in [0, 0.1) is 11.6 Å². The van der Waals surface area contributed by atoms with Crippen LogP contribution in [0.25, 0.3) is 0 Å². The number of hydrogen-bond acceptors (Lipinski definition) is 5. The Morgan fingerprint density at radius 3 is 2.61 bits per heavy atom. The quantitative estimate of drug-likeness (QED) is 0.474. The number of benzene rings is 1. The fraction of sp³-hybridized carbons (Fsp3) is 0.286. The number of amides is 1. The van der Waals surface area contributed by atoms with Gasteiger partial charge in [-0.2, -0.15) is 4.31 Å². The fourth-order valence-electron chi connectivity index (χ4n) is 1.46. The highest BCUT2D eigenvalue weighted by molar-refractivity contribution is 9.10. The summed E-state index contributed by atoms with van der Waals surface area (Å²) >= 11 is 5.06. The standard InChI is InChI=1S/C14H13BrF2N2O2S2/c1-14(2,3)21-13(20)19(12-6-22-7-18-12)23-11-4-8(15)9(16)5-10(11)17/h4-7H,1-3H3.